The van der Waals surface area contributed by atoms with Gasteiger partial charge in [-0.2, -0.15) is 0 Å². The number of benzene rings is 2. The molecular formula is C23H26N2O4. The Balaban J connectivity index is 1.58. The minimum atomic E-state index is -0.574. The van der Waals surface area contributed by atoms with E-state index >= 15 is 0 Å². The molecule has 0 aliphatic carbocycles. The maximum atomic E-state index is 12.4. The van der Waals surface area contributed by atoms with Crippen LogP contribution in [0.2, 0.25) is 0 Å². The zero-order chi connectivity index (χ0) is 21.1. The molecular weight excluding hydrogens is 368 g/mol. The molecule has 3 rings (SSSR count). The van der Waals surface area contributed by atoms with E-state index < -0.39 is 17.8 Å². The van der Waals surface area contributed by atoms with Crippen LogP contribution in [-0.4, -0.2) is 30.9 Å². The second-order valence-corrected chi connectivity index (χ2v) is 7.55. The lowest BCUT2D eigenvalue weighted by Crippen LogP contribution is -2.28. The zero-order valence-corrected chi connectivity index (χ0v) is 17.2. The molecule has 0 spiro atoms. The highest BCUT2D eigenvalue weighted by Gasteiger charge is 2.37. The highest BCUT2D eigenvalue weighted by atomic mass is 16.5. The monoisotopic (exact) mass is 394 g/mol. The molecule has 0 aromatic heterocycles. The van der Waals surface area contributed by atoms with Crippen molar-refractivity contribution < 1.29 is 19.1 Å². The van der Waals surface area contributed by atoms with E-state index in [1.807, 2.05) is 64.1 Å². The summed E-state index contributed by atoms with van der Waals surface area (Å²) in [5.74, 6) is -1.61. The van der Waals surface area contributed by atoms with E-state index in [-0.39, 0.29) is 25.5 Å². The van der Waals surface area contributed by atoms with E-state index in [1.165, 1.54) is 0 Å². The van der Waals surface area contributed by atoms with Crippen molar-refractivity contribution in [3.8, 4) is 0 Å². The Labute approximate surface area is 170 Å². The molecule has 152 valence electrons. The van der Waals surface area contributed by atoms with Crippen LogP contribution < -0.4 is 10.2 Å². The molecule has 0 bridgehead atoms. The first-order valence-corrected chi connectivity index (χ1v) is 9.67. The number of hydrogen-bond acceptors (Lipinski definition) is 4. The number of nitrogens with zero attached hydrogens (tertiary/aromatic N) is 1. The number of esters is 1. The third-order valence-corrected chi connectivity index (χ3v) is 5.42. The fourth-order valence-electron chi connectivity index (χ4n) is 3.57. The Morgan fingerprint density at radius 1 is 1.03 bits per heavy atom. The summed E-state index contributed by atoms with van der Waals surface area (Å²) < 4.78 is 5.20. The Bertz CT molecular complexity index is 947. The number of aryl methyl sites for hydroxylation is 3. The highest BCUT2D eigenvalue weighted by molar-refractivity contribution is 6.00. The Morgan fingerprint density at radius 3 is 2.34 bits per heavy atom. The number of anilines is 2. The van der Waals surface area contributed by atoms with Crippen molar-refractivity contribution in [2.75, 3.05) is 23.4 Å². The lowest BCUT2D eigenvalue weighted by molar-refractivity contribution is -0.151. The second-order valence-electron chi connectivity index (χ2n) is 7.55. The van der Waals surface area contributed by atoms with Gasteiger partial charge in [-0.15, -0.1) is 0 Å². The fraction of sp³-hybridized carbons (Fsp3) is 0.348. The van der Waals surface area contributed by atoms with Gasteiger partial charge in [-0.1, -0.05) is 30.3 Å². The van der Waals surface area contributed by atoms with E-state index in [9.17, 15) is 14.4 Å². The summed E-state index contributed by atoms with van der Waals surface area (Å²) in [7, 11) is 0. The maximum Gasteiger partial charge on any atom is 0.311 e. The molecule has 0 saturated carbocycles. The van der Waals surface area contributed by atoms with Crippen molar-refractivity contribution in [1.29, 1.82) is 0 Å². The van der Waals surface area contributed by atoms with Crippen LogP contribution in [-0.2, 0) is 19.1 Å². The van der Waals surface area contributed by atoms with Gasteiger partial charge in [0.1, 0.15) is 0 Å². The number of rotatable bonds is 5. The van der Waals surface area contributed by atoms with Gasteiger partial charge in [0, 0.05) is 24.3 Å². The first kappa shape index (κ1) is 20.6. The van der Waals surface area contributed by atoms with Crippen LogP contribution in [0, 0.1) is 33.6 Å². The molecule has 1 atom stereocenters. The summed E-state index contributed by atoms with van der Waals surface area (Å²) in [5.41, 5.74) is 5.53. The molecule has 2 aromatic carbocycles. The number of para-hydroxylation sites is 1. The predicted octanol–water partition coefficient (Wildman–Crippen LogP) is 3.46. The average molecular weight is 394 g/mol. The summed E-state index contributed by atoms with van der Waals surface area (Å²) in [6.45, 7) is 7.64. The van der Waals surface area contributed by atoms with Gasteiger partial charge in [-0.3, -0.25) is 14.4 Å². The van der Waals surface area contributed by atoms with Crippen LogP contribution in [0.25, 0.3) is 0 Å². The van der Waals surface area contributed by atoms with Crippen LogP contribution in [0.5, 0.6) is 0 Å². The van der Waals surface area contributed by atoms with Gasteiger partial charge in [-0.25, -0.2) is 0 Å². The number of ether oxygens (including phenoxy) is 1. The van der Waals surface area contributed by atoms with E-state index in [0.29, 0.717) is 0 Å². The normalized spacial score (nSPS) is 16.1. The first-order valence-electron chi connectivity index (χ1n) is 9.67. The topological polar surface area (TPSA) is 75.7 Å². The molecule has 1 aliphatic rings. The lowest BCUT2D eigenvalue weighted by Gasteiger charge is -2.20. The second kappa shape index (κ2) is 8.47. The molecule has 1 saturated heterocycles. The van der Waals surface area contributed by atoms with Crippen LogP contribution in [0.3, 0.4) is 0 Å². The molecule has 0 unspecified atom stereocenters. The van der Waals surface area contributed by atoms with Crippen molar-refractivity contribution in [1.82, 2.24) is 0 Å². The highest BCUT2D eigenvalue weighted by Crippen LogP contribution is 2.30. The number of amides is 2. The molecule has 29 heavy (non-hydrogen) atoms. The standard InChI is InChI=1S/C23H26N2O4/c1-14-7-6-10-19(17(14)4)25-12-18(11-21(25)27)23(28)29-13-20(26)24-22-15(2)8-5-9-16(22)3/h5-10,18H,11-13H2,1-4H3,(H,24,26)/t18-/m1/s1. The fourth-order valence-corrected chi connectivity index (χ4v) is 3.57. The predicted molar refractivity (Wildman–Crippen MR) is 112 cm³/mol. The van der Waals surface area contributed by atoms with Crippen molar-refractivity contribution in [3.63, 3.8) is 0 Å². The first-order chi connectivity index (χ1) is 13.8. The van der Waals surface area contributed by atoms with Crippen LogP contribution in [0.1, 0.15) is 28.7 Å². The van der Waals surface area contributed by atoms with Crippen molar-refractivity contribution in [2.24, 2.45) is 5.92 Å². The van der Waals surface area contributed by atoms with E-state index in [1.54, 1.807) is 4.90 Å². The zero-order valence-electron chi connectivity index (χ0n) is 17.2. The molecule has 6 heteroatoms. The Hall–Kier alpha value is -3.15. The molecule has 2 amide bonds. The summed E-state index contributed by atoms with van der Waals surface area (Å²) in [6.07, 6.45) is 0.0880. The molecule has 1 fully saturated rings. The number of carbonyl (C=O) groups is 3. The summed E-state index contributed by atoms with van der Waals surface area (Å²) in [6, 6.07) is 11.5. The van der Waals surface area contributed by atoms with Crippen LogP contribution >= 0.6 is 0 Å². The van der Waals surface area contributed by atoms with Gasteiger partial charge in [-0.05, 0) is 56.0 Å². The molecule has 6 nitrogen and oxygen atoms in total. The van der Waals surface area contributed by atoms with Gasteiger partial charge < -0.3 is 15.0 Å². The van der Waals surface area contributed by atoms with Gasteiger partial charge in [0.25, 0.3) is 5.91 Å². The summed E-state index contributed by atoms with van der Waals surface area (Å²) in [5, 5.41) is 2.79. The smallest absolute Gasteiger partial charge is 0.311 e. The van der Waals surface area contributed by atoms with E-state index in [4.69, 9.17) is 4.74 Å². The van der Waals surface area contributed by atoms with Gasteiger partial charge >= 0.3 is 5.97 Å². The van der Waals surface area contributed by atoms with Crippen LogP contribution in [0.4, 0.5) is 11.4 Å². The third-order valence-electron chi connectivity index (χ3n) is 5.42. The van der Waals surface area contributed by atoms with Gasteiger partial charge in [0.05, 0.1) is 5.92 Å². The van der Waals surface area contributed by atoms with E-state index in [0.717, 1.165) is 33.6 Å². The Kier molecular flexibility index (Phi) is 6.01. The average Bonchev–Trinajstić information content (AvgIpc) is 3.06. The van der Waals surface area contributed by atoms with Crippen molar-refractivity contribution >= 4 is 29.2 Å². The molecule has 1 N–H and O–H groups in total. The third kappa shape index (κ3) is 4.47. The van der Waals surface area contributed by atoms with Crippen molar-refractivity contribution in [3.05, 3.63) is 58.7 Å². The Morgan fingerprint density at radius 2 is 1.66 bits per heavy atom. The van der Waals surface area contributed by atoms with Crippen molar-refractivity contribution in [2.45, 2.75) is 34.1 Å². The minimum absolute atomic E-state index is 0.0880. The number of nitrogens with one attached hydrogen (secondary N) is 1. The number of hydrogen-bond donors (Lipinski definition) is 1. The molecule has 1 aliphatic heterocycles. The van der Waals surface area contributed by atoms with E-state index in [2.05, 4.69) is 5.32 Å². The molecule has 1 heterocycles. The SMILES string of the molecule is Cc1cccc(N2C[C@H](C(=O)OCC(=O)Nc3c(C)cccc3C)CC2=O)c1C. The summed E-state index contributed by atoms with van der Waals surface area (Å²) in [4.78, 5) is 38.7. The summed E-state index contributed by atoms with van der Waals surface area (Å²) >= 11 is 0. The lowest BCUT2D eigenvalue weighted by atomic mass is 10.1. The van der Waals surface area contributed by atoms with Gasteiger partial charge in [0.15, 0.2) is 6.61 Å². The van der Waals surface area contributed by atoms with Crippen LogP contribution in [0.15, 0.2) is 36.4 Å². The number of carbonyl (C=O) groups excluding carboxylic acids is 3. The quantitative estimate of drug-likeness (QED) is 0.788. The van der Waals surface area contributed by atoms with Gasteiger partial charge in [0.2, 0.25) is 5.91 Å². The minimum Gasteiger partial charge on any atom is -0.455 e. The molecule has 0 radical (unpaired) electrons. The maximum absolute atomic E-state index is 12.4. The molecule has 2 aromatic rings. The largest absolute Gasteiger partial charge is 0.455 e.